The van der Waals surface area contributed by atoms with Gasteiger partial charge < -0.3 is 8.37 Å². The summed E-state index contributed by atoms with van der Waals surface area (Å²) in [6.07, 6.45) is 0.571. The van der Waals surface area contributed by atoms with E-state index in [1.165, 1.54) is 24.3 Å². The Kier molecular flexibility index (Phi) is 8.49. The maximum atomic E-state index is 11.9. The van der Waals surface area contributed by atoms with E-state index in [-0.39, 0.29) is 17.4 Å². The van der Waals surface area contributed by atoms with Crippen molar-refractivity contribution in [3.63, 3.8) is 0 Å². The van der Waals surface area contributed by atoms with Gasteiger partial charge in [-0.1, -0.05) is 30.3 Å². The van der Waals surface area contributed by atoms with Crippen molar-refractivity contribution in [2.45, 2.75) is 45.8 Å². The normalized spacial score (nSPS) is 12.3. The highest BCUT2D eigenvalue weighted by Crippen LogP contribution is 2.33. The highest BCUT2D eigenvalue weighted by Gasteiger charge is 2.21. The van der Waals surface area contributed by atoms with Crippen LogP contribution in [0.25, 0.3) is 0 Å². The van der Waals surface area contributed by atoms with Gasteiger partial charge in [-0.25, -0.2) is 8.37 Å². The number of hydrogen-bond donors (Lipinski definition) is 0. The number of hydrogen-bond acceptors (Lipinski definition) is 9. The second-order valence-electron chi connectivity index (χ2n) is 8.10. The van der Waals surface area contributed by atoms with Gasteiger partial charge >= 0.3 is 20.8 Å². The highest BCUT2D eigenvalue weighted by atomic mass is 32.3. The first-order chi connectivity index (χ1) is 16.4. The predicted molar refractivity (Wildman–Crippen MR) is 130 cm³/mol. The topological polar surface area (TPSA) is 118 Å². The summed E-state index contributed by atoms with van der Waals surface area (Å²) in [6.45, 7) is 6.35. The molecule has 0 aliphatic rings. The van der Waals surface area contributed by atoms with Crippen LogP contribution < -0.4 is 8.37 Å². The fourth-order valence-corrected chi connectivity index (χ4v) is 4.97. The zero-order chi connectivity index (χ0) is 25.6. The second-order valence-corrected chi connectivity index (χ2v) is 10.5. The van der Waals surface area contributed by atoms with E-state index >= 15 is 0 Å². The van der Waals surface area contributed by atoms with E-state index in [0.29, 0.717) is 0 Å². The molecule has 0 spiro atoms. The van der Waals surface area contributed by atoms with Crippen LogP contribution in [0.2, 0.25) is 0 Å². The standard InChI is InChI=1S/C24H27NO8S2/c1-17(2)30-34(26,27)32-21-12-8-19(9-13-21)24(23-7-5-6-16-25-23)20-10-14-22(15-11-20)33-35(28,29)31-18(3)4/h5-18,24H,1-4H3. The second kappa shape index (κ2) is 11.2. The molecule has 11 heteroatoms. The molecule has 35 heavy (non-hydrogen) atoms. The molecule has 3 aromatic rings. The lowest BCUT2D eigenvalue weighted by molar-refractivity contribution is 0.216. The number of benzene rings is 2. The van der Waals surface area contributed by atoms with Gasteiger partial charge in [0.25, 0.3) is 0 Å². The number of pyridine rings is 1. The smallest absolute Gasteiger partial charge is 0.362 e. The minimum absolute atomic E-state index is 0.105. The van der Waals surface area contributed by atoms with E-state index in [2.05, 4.69) is 4.98 Å². The molecule has 0 unspecified atom stereocenters. The van der Waals surface area contributed by atoms with Crippen LogP contribution >= 0.6 is 0 Å². The van der Waals surface area contributed by atoms with Crippen LogP contribution in [0.15, 0.2) is 72.9 Å². The molecule has 0 bridgehead atoms. The first-order valence-electron chi connectivity index (χ1n) is 10.8. The van der Waals surface area contributed by atoms with E-state index in [1.54, 1.807) is 64.2 Å². The fraction of sp³-hybridized carbons (Fsp3) is 0.292. The zero-order valence-corrected chi connectivity index (χ0v) is 21.3. The summed E-state index contributed by atoms with van der Waals surface area (Å²) in [5.41, 5.74) is 2.35. The van der Waals surface area contributed by atoms with Crippen LogP contribution in [0.3, 0.4) is 0 Å². The molecule has 0 aliphatic heterocycles. The Morgan fingerprint density at radius 1 is 0.629 bits per heavy atom. The van der Waals surface area contributed by atoms with Crippen LogP contribution in [0, 0.1) is 0 Å². The molecule has 0 amide bonds. The van der Waals surface area contributed by atoms with Crippen molar-refractivity contribution in [2.24, 2.45) is 0 Å². The SMILES string of the molecule is CC(C)OS(=O)(=O)Oc1ccc(C(c2ccc(OS(=O)(=O)OC(C)C)cc2)c2ccccn2)cc1. The molecule has 0 fully saturated rings. The van der Waals surface area contributed by atoms with Gasteiger partial charge in [-0.3, -0.25) is 4.98 Å². The van der Waals surface area contributed by atoms with Crippen molar-refractivity contribution >= 4 is 20.8 Å². The Bertz CT molecular complexity index is 1220. The Labute approximate surface area is 206 Å². The summed E-state index contributed by atoms with van der Waals surface area (Å²) in [5, 5.41) is 0. The van der Waals surface area contributed by atoms with E-state index in [4.69, 9.17) is 16.7 Å². The van der Waals surface area contributed by atoms with Crippen molar-refractivity contribution in [1.29, 1.82) is 0 Å². The van der Waals surface area contributed by atoms with Crippen molar-refractivity contribution < 1.29 is 33.6 Å². The predicted octanol–water partition coefficient (Wildman–Crippen LogP) is 4.36. The summed E-state index contributed by atoms with van der Waals surface area (Å²) in [4.78, 5) is 4.47. The third-order valence-corrected chi connectivity index (χ3v) is 6.46. The molecule has 0 saturated carbocycles. The number of rotatable bonds is 11. The monoisotopic (exact) mass is 521 g/mol. The minimum Gasteiger partial charge on any atom is -0.362 e. The molecule has 0 saturated heterocycles. The van der Waals surface area contributed by atoms with Gasteiger partial charge in [0, 0.05) is 6.20 Å². The molecule has 0 aliphatic carbocycles. The van der Waals surface area contributed by atoms with E-state index in [1.807, 2.05) is 12.1 Å². The molecule has 188 valence electrons. The largest absolute Gasteiger partial charge is 0.449 e. The van der Waals surface area contributed by atoms with Gasteiger partial charge in [0.2, 0.25) is 0 Å². The van der Waals surface area contributed by atoms with Gasteiger partial charge in [-0.2, -0.15) is 16.8 Å². The molecule has 1 aromatic heterocycles. The van der Waals surface area contributed by atoms with Gasteiger partial charge in [-0.05, 0) is 75.2 Å². The Morgan fingerprint density at radius 2 is 1.06 bits per heavy atom. The van der Waals surface area contributed by atoms with Crippen LogP contribution in [0.5, 0.6) is 11.5 Å². The van der Waals surface area contributed by atoms with Crippen LogP contribution in [-0.4, -0.2) is 34.0 Å². The minimum atomic E-state index is -4.18. The summed E-state index contributed by atoms with van der Waals surface area (Å²) in [7, 11) is -8.37. The molecule has 3 rings (SSSR count). The van der Waals surface area contributed by atoms with Gasteiger partial charge in [0.05, 0.1) is 23.8 Å². The number of nitrogens with zero attached hydrogens (tertiary/aromatic N) is 1. The van der Waals surface area contributed by atoms with E-state index in [0.717, 1.165) is 16.8 Å². The molecule has 0 radical (unpaired) electrons. The lowest BCUT2D eigenvalue weighted by atomic mass is 9.88. The first kappa shape index (κ1) is 26.6. The van der Waals surface area contributed by atoms with Gasteiger partial charge in [0.15, 0.2) is 0 Å². The first-order valence-corrected chi connectivity index (χ1v) is 13.5. The Hall–Kier alpha value is -2.99. The average molecular weight is 522 g/mol. The van der Waals surface area contributed by atoms with Crippen LogP contribution in [-0.2, 0) is 29.2 Å². The maximum absolute atomic E-state index is 11.9. The third kappa shape index (κ3) is 8.03. The fourth-order valence-electron chi connectivity index (χ4n) is 3.26. The molecular formula is C24H27NO8S2. The summed E-state index contributed by atoms with van der Waals surface area (Å²) < 4.78 is 67.4. The van der Waals surface area contributed by atoms with Crippen molar-refractivity contribution in [3.8, 4) is 11.5 Å². The van der Waals surface area contributed by atoms with Crippen LogP contribution in [0.4, 0.5) is 0 Å². The zero-order valence-electron chi connectivity index (χ0n) is 19.7. The van der Waals surface area contributed by atoms with Crippen molar-refractivity contribution in [2.75, 3.05) is 0 Å². The van der Waals surface area contributed by atoms with E-state index in [9.17, 15) is 16.8 Å². The van der Waals surface area contributed by atoms with Gasteiger partial charge in [0.1, 0.15) is 11.5 Å². The maximum Gasteiger partial charge on any atom is 0.449 e. The molecular weight excluding hydrogens is 494 g/mol. The summed E-state index contributed by atoms with van der Waals surface area (Å²) in [5.74, 6) is -0.118. The van der Waals surface area contributed by atoms with E-state index < -0.39 is 33.0 Å². The lowest BCUT2D eigenvalue weighted by Gasteiger charge is -2.19. The van der Waals surface area contributed by atoms with Gasteiger partial charge in [-0.15, -0.1) is 0 Å². The van der Waals surface area contributed by atoms with Crippen molar-refractivity contribution in [1.82, 2.24) is 4.98 Å². The summed E-state index contributed by atoms with van der Waals surface area (Å²) >= 11 is 0. The van der Waals surface area contributed by atoms with Crippen molar-refractivity contribution in [3.05, 3.63) is 89.7 Å². The quantitative estimate of drug-likeness (QED) is 0.363. The highest BCUT2D eigenvalue weighted by molar-refractivity contribution is 7.82. The molecule has 9 nitrogen and oxygen atoms in total. The molecule has 0 N–H and O–H groups in total. The number of aromatic nitrogens is 1. The third-order valence-electron chi connectivity index (χ3n) is 4.43. The molecule has 1 heterocycles. The lowest BCUT2D eigenvalue weighted by Crippen LogP contribution is -2.17. The average Bonchev–Trinajstić information content (AvgIpc) is 2.75. The van der Waals surface area contributed by atoms with Crippen LogP contribution in [0.1, 0.15) is 50.4 Å². The molecule has 0 atom stereocenters. The molecule has 2 aromatic carbocycles. The Balaban J connectivity index is 1.88. The summed E-state index contributed by atoms with van der Waals surface area (Å²) in [6, 6.07) is 18.5. The Morgan fingerprint density at radius 3 is 1.40 bits per heavy atom.